The fraction of sp³-hybridized carbons (Fsp3) is 0.588. The highest BCUT2D eigenvalue weighted by Gasteiger charge is 2.60. The predicted molar refractivity (Wildman–Crippen MR) is 86.3 cm³/mol. The summed E-state index contributed by atoms with van der Waals surface area (Å²) in [5.41, 5.74) is -3.26. The van der Waals surface area contributed by atoms with Crippen molar-refractivity contribution in [1.29, 1.82) is 0 Å². The van der Waals surface area contributed by atoms with Gasteiger partial charge in [-0.3, -0.25) is 4.79 Å². The van der Waals surface area contributed by atoms with E-state index in [2.05, 4.69) is 0 Å². The van der Waals surface area contributed by atoms with Crippen molar-refractivity contribution in [3.05, 3.63) is 35.4 Å². The Balaban J connectivity index is 2.21. The van der Waals surface area contributed by atoms with E-state index >= 15 is 0 Å². The minimum Gasteiger partial charge on any atom is -0.403 e. The van der Waals surface area contributed by atoms with Gasteiger partial charge in [0.15, 0.2) is 5.78 Å². The quantitative estimate of drug-likeness (QED) is 0.394. The first kappa shape index (κ1) is 21.8. The molecular weight excluding hydrogens is 377 g/mol. The summed E-state index contributed by atoms with van der Waals surface area (Å²) in [6.45, 7) is 6.33. The number of ketones is 1. The number of carbonyl (C=O) groups excluding carboxylic acids is 1. The number of carbonyl (C=O) groups is 1. The van der Waals surface area contributed by atoms with Crippen LogP contribution in [0, 0.1) is 0 Å². The number of alkyl halides is 6. The van der Waals surface area contributed by atoms with Gasteiger partial charge in [0.05, 0.1) is 22.6 Å². The Bertz CT molecular complexity index is 678. The second-order valence-corrected chi connectivity index (χ2v) is 7.48. The lowest BCUT2D eigenvalue weighted by Gasteiger charge is -2.32. The van der Waals surface area contributed by atoms with Crippen molar-refractivity contribution in [2.45, 2.75) is 63.5 Å². The van der Waals surface area contributed by atoms with Gasteiger partial charge in [-0.15, -0.1) is 0 Å². The molecule has 1 heterocycles. The van der Waals surface area contributed by atoms with Crippen LogP contribution >= 0.6 is 0 Å². The van der Waals surface area contributed by atoms with Gasteiger partial charge in [0.25, 0.3) is 0 Å². The fourth-order valence-electron chi connectivity index (χ4n) is 2.58. The third-order valence-electron chi connectivity index (χ3n) is 4.96. The minimum atomic E-state index is -4.79. The zero-order chi connectivity index (χ0) is 20.8. The van der Waals surface area contributed by atoms with Gasteiger partial charge in [-0.25, -0.2) is 0 Å². The Labute approximate surface area is 153 Å². The van der Waals surface area contributed by atoms with E-state index in [0.717, 1.165) is 12.1 Å². The van der Waals surface area contributed by atoms with Crippen LogP contribution in [0.1, 0.15) is 50.0 Å². The summed E-state index contributed by atoms with van der Waals surface area (Å²) in [6, 6.07) is 3.04. The predicted octanol–water partition coefficient (Wildman–Crippen LogP) is 5.30. The van der Waals surface area contributed by atoms with E-state index in [4.69, 9.17) is 9.31 Å². The Kier molecular flexibility index (Phi) is 5.48. The Hall–Kier alpha value is -1.55. The first-order valence-corrected chi connectivity index (χ1v) is 8.17. The van der Waals surface area contributed by atoms with Crippen molar-refractivity contribution in [3.63, 3.8) is 0 Å². The number of hydrogen-bond acceptors (Lipinski definition) is 3. The van der Waals surface area contributed by atoms with E-state index in [9.17, 15) is 31.1 Å². The van der Waals surface area contributed by atoms with Crippen LogP contribution in [0.3, 0.4) is 0 Å². The lowest BCUT2D eigenvalue weighted by Crippen LogP contribution is -2.41. The van der Waals surface area contributed by atoms with Crippen LogP contribution < -0.4 is 0 Å². The third-order valence-corrected chi connectivity index (χ3v) is 4.96. The molecule has 150 valence electrons. The first-order chi connectivity index (χ1) is 12.0. The maximum absolute atomic E-state index is 13.5. The molecule has 0 aliphatic carbocycles. The number of Topliss-reactive ketones (excluding diaryl/α,β-unsaturated/α-hetero) is 1. The maximum Gasteiger partial charge on any atom is 0.470 e. The van der Waals surface area contributed by atoms with Crippen molar-refractivity contribution in [3.8, 4) is 0 Å². The molecule has 10 heteroatoms. The summed E-state index contributed by atoms with van der Waals surface area (Å²) in [5, 5.41) is 0. The molecule has 1 atom stereocenters. The van der Waals surface area contributed by atoms with Crippen molar-refractivity contribution in [2.24, 2.45) is 0 Å². The largest absolute Gasteiger partial charge is 0.470 e. The highest BCUT2D eigenvalue weighted by atomic mass is 19.4. The second kappa shape index (κ2) is 6.81. The first-order valence-electron chi connectivity index (χ1n) is 8.17. The van der Waals surface area contributed by atoms with Gasteiger partial charge in [0.2, 0.25) is 0 Å². The minimum absolute atomic E-state index is 0.242. The van der Waals surface area contributed by atoms with Gasteiger partial charge >= 0.3 is 19.5 Å². The fourth-order valence-corrected chi connectivity index (χ4v) is 2.58. The van der Waals surface area contributed by atoms with Gasteiger partial charge in [0, 0.05) is 12.0 Å². The standard InChI is InChI=1S/C17H19BF6O3/c1-14(2)15(3,4)27-18(26-14)13(17(22,23)24)9-12(25)10-5-7-11(8-6-10)16(19,20)21/h5-8,13H,9H2,1-4H3. The maximum atomic E-state index is 13.5. The highest BCUT2D eigenvalue weighted by molar-refractivity contribution is 6.48. The molecule has 0 spiro atoms. The molecule has 1 fully saturated rings. The topological polar surface area (TPSA) is 35.5 Å². The molecular formula is C17H19BF6O3. The molecule has 0 amide bonds. The molecule has 1 aromatic carbocycles. The highest BCUT2D eigenvalue weighted by Crippen LogP contribution is 2.46. The lowest BCUT2D eigenvalue weighted by atomic mass is 9.68. The van der Waals surface area contributed by atoms with Gasteiger partial charge in [-0.1, -0.05) is 12.1 Å². The number of halogens is 6. The monoisotopic (exact) mass is 396 g/mol. The summed E-state index contributed by atoms with van der Waals surface area (Å²) in [5.74, 6) is -3.19. The molecule has 1 unspecified atom stereocenters. The van der Waals surface area contributed by atoms with E-state index in [1.165, 1.54) is 0 Å². The zero-order valence-electron chi connectivity index (χ0n) is 15.2. The molecule has 1 aliphatic rings. The molecule has 0 radical (unpaired) electrons. The summed E-state index contributed by atoms with van der Waals surface area (Å²) in [6.07, 6.45) is -10.4. The van der Waals surface area contributed by atoms with Crippen molar-refractivity contribution < 1.29 is 40.4 Å². The van der Waals surface area contributed by atoms with Crippen LogP contribution in [0.5, 0.6) is 0 Å². The van der Waals surface area contributed by atoms with Gasteiger partial charge in [-0.2, -0.15) is 26.3 Å². The Morgan fingerprint density at radius 1 is 0.963 bits per heavy atom. The molecule has 0 N–H and O–H groups in total. The average molecular weight is 396 g/mol. The van der Waals surface area contributed by atoms with E-state index in [1.54, 1.807) is 27.7 Å². The van der Waals surface area contributed by atoms with Crippen LogP contribution in [0.25, 0.3) is 0 Å². The number of benzene rings is 1. The molecule has 3 nitrogen and oxygen atoms in total. The van der Waals surface area contributed by atoms with Crippen LogP contribution in [0.4, 0.5) is 26.3 Å². The second-order valence-electron chi connectivity index (χ2n) is 7.48. The summed E-state index contributed by atoms with van der Waals surface area (Å²) in [4.78, 5) is 12.2. The molecule has 2 rings (SSSR count). The van der Waals surface area contributed by atoms with Crippen LogP contribution in [-0.2, 0) is 15.5 Å². The van der Waals surface area contributed by atoms with Crippen molar-refractivity contribution in [2.75, 3.05) is 0 Å². The Morgan fingerprint density at radius 3 is 1.78 bits per heavy atom. The molecule has 0 bridgehead atoms. The van der Waals surface area contributed by atoms with Gasteiger partial charge < -0.3 is 9.31 Å². The third kappa shape index (κ3) is 4.66. The molecule has 1 aliphatic heterocycles. The van der Waals surface area contributed by atoms with E-state index in [0.29, 0.717) is 12.1 Å². The van der Waals surface area contributed by atoms with E-state index in [1.807, 2.05) is 0 Å². The summed E-state index contributed by atoms with van der Waals surface area (Å²) < 4.78 is 89.1. The van der Waals surface area contributed by atoms with E-state index in [-0.39, 0.29) is 5.56 Å². The molecule has 0 aromatic heterocycles. The number of hydrogen-bond donors (Lipinski definition) is 0. The molecule has 27 heavy (non-hydrogen) atoms. The van der Waals surface area contributed by atoms with Crippen LogP contribution in [0.2, 0.25) is 5.82 Å². The van der Waals surface area contributed by atoms with Gasteiger partial charge in [0.1, 0.15) is 0 Å². The van der Waals surface area contributed by atoms with Crippen molar-refractivity contribution >= 4 is 12.9 Å². The molecule has 1 saturated heterocycles. The lowest BCUT2D eigenvalue weighted by molar-refractivity contribution is -0.139. The normalized spacial score (nSPS) is 20.6. The van der Waals surface area contributed by atoms with Crippen LogP contribution in [0.15, 0.2) is 24.3 Å². The zero-order valence-corrected chi connectivity index (χ0v) is 15.2. The number of rotatable bonds is 4. The smallest absolute Gasteiger partial charge is 0.403 e. The summed E-state index contributed by atoms with van der Waals surface area (Å²) in [7, 11) is -1.69. The van der Waals surface area contributed by atoms with Crippen molar-refractivity contribution in [1.82, 2.24) is 0 Å². The van der Waals surface area contributed by atoms with Crippen LogP contribution in [-0.4, -0.2) is 30.3 Å². The summed E-state index contributed by atoms with van der Waals surface area (Å²) >= 11 is 0. The van der Waals surface area contributed by atoms with Gasteiger partial charge in [-0.05, 0) is 39.8 Å². The van der Waals surface area contributed by atoms with E-state index < -0.39 is 54.3 Å². The SMILES string of the molecule is CC1(C)OB(C(CC(=O)c2ccc(C(F)(F)F)cc2)C(F)(F)F)OC1(C)C. The average Bonchev–Trinajstić information content (AvgIpc) is 2.70. The molecule has 1 aromatic rings. The molecule has 0 saturated carbocycles. The Morgan fingerprint density at radius 2 is 1.41 bits per heavy atom.